The largest absolute Gasteiger partial charge is 0.481 e. The fourth-order valence-electron chi connectivity index (χ4n) is 4.14. The van der Waals surface area contributed by atoms with E-state index < -0.39 is 5.97 Å². The van der Waals surface area contributed by atoms with Crippen LogP contribution in [0.4, 0.5) is 0 Å². The molecule has 0 aromatic carbocycles. The van der Waals surface area contributed by atoms with Crippen LogP contribution in [0, 0.1) is 23.2 Å². The molecular formula is C15H22O2. The van der Waals surface area contributed by atoms with Gasteiger partial charge in [0.05, 0.1) is 5.92 Å². The molecule has 0 amide bonds. The van der Waals surface area contributed by atoms with Gasteiger partial charge in [0.1, 0.15) is 0 Å². The Kier molecular flexibility index (Phi) is 3.41. The SMILES string of the molecule is C=CCC1CCCC12CC=CC(C)C2C(=O)O. The van der Waals surface area contributed by atoms with Gasteiger partial charge in [-0.25, -0.2) is 0 Å². The Bertz CT molecular complexity index is 345. The maximum absolute atomic E-state index is 11.6. The number of rotatable bonds is 3. The van der Waals surface area contributed by atoms with Crippen molar-refractivity contribution in [3.05, 3.63) is 24.8 Å². The van der Waals surface area contributed by atoms with Crippen molar-refractivity contribution >= 4 is 5.97 Å². The first-order chi connectivity index (χ1) is 8.12. The van der Waals surface area contributed by atoms with E-state index in [1.165, 1.54) is 6.42 Å². The van der Waals surface area contributed by atoms with Gasteiger partial charge in [-0.3, -0.25) is 4.79 Å². The van der Waals surface area contributed by atoms with E-state index in [2.05, 4.69) is 18.7 Å². The van der Waals surface area contributed by atoms with E-state index in [1.54, 1.807) is 0 Å². The van der Waals surface area contributed by atoms with Crippen LogP contribution in [-0.2, 0) is 4.79 Å². The molecule has 0 heterocycles. The minimum Gasteiger partial charge on any atom is -0.481 e. The van der Waals surface area contributed by atoms with Gasteiger partial charge in [0, 0.05) is 0 Å². The molecule has 1 spiro atoms. The van der Waals surface area contributed by atoms with Gasteiger partial charge in [-0.2, -0.15) is 0 Å². The zero-order valence-electron chi connectivity index (χ0n) is 10.6. The Balaban J connectivity index is 2.35. The molecule has 4 atom stereocenters. The molecule has 2 aliphatic carbocycles. The van der Waals surface area contributed by atoms with Crippen LogP contribution in [0.2, 0.25) is 0 Å². The van der Waals surface area contributed by atoms with Gasteiger partial charge in [-0.15, -0.1) is 6.58 Å². The Hall–Kier alpha value is -1.05. The lowest BCUT2D eigenvalue weighted by Crippen LogP contribution is -2.43. The van der Waals surface area contributed by atoms with E-state index in [-0.39, 0.29) is 17.3 Å². The minimum absolute atomic E-state index is 0.00576. The summed E-state index contributed by atoms with van der Waals surface area (Å²) in [5.41, 5.74) is -0.00576. The van der Waals surface area contributed by atoms with Crippen LogP contribution in [0.25, 0.3) is 0 Å². The van der Waals surface area contributed by atoms with E-state index >= 15 is 0 Å². The van der Waals surface area contributed by atoms with E-state index in [0.717, 1.165) is 25.7 Å². The first kappa shape index (κ1) is 12.4. The highest BCUT2D eigenvalue weighted by Gasteiger charge is 2.52. The molecule has 1 N–H and O–H groups in total. The number of carboxylic acids is 1. The molecule has 4 unspecified atom stereocenters. The molecule has 0 radical (unpaired) electrons. The van der Waals surface area contributed by atoms with Crippen LogP contribution >= 0.6 is 0 Å². The third kappa shape index (κ3) is 1.94. The molecule has 0 saturated heterocycles. The molecule has 2 nitrogen and oxygen atoms in total. The van der Waals surface area contributed by atoms with Crippen molar-refractivity contribution in [1.82, 2.24) is 0 Å². The molecule has 2 rings (SSSR count). The van der Waals surface area contributed by atoms with E-state index in [4.69, 9.17) is 0 Å². The smallest absolute Gasteiger partial charge is 0.307 e. The fourth-order valence-corrected chi connectivity index (χ4v) is 4.14. The summed E-state index contributed by atoms with van der Waals surface area (Å²) in [5.74, 6) is -0.155. The number of allylic oxidation sites excluding steroid dienone is 3. The summed E-state index contributed by atoms with van der Waals surface area (Å²) in [6.45, 7) is 5.87. The van der Waals surface area contributed by atoms with Crippen LogP contribution in [0.1, 0.15) is 39.0 Å². The van der Waals surface area contributed by atoms with Gasteiger partial charge < -0.3 is 5.11 Å². The minimum atomic E-state index is -0.613. The van der Waals surface area contributed by atoms with Crippen LogP contribution in [0.15, 0.2) is 24.8 Å². The third-order valence-corrected chi connectivity index (χ3v) is 4.81. The van der Waals surface area contributed by atoms with Gasteiger partial charge >= 0.3 is 5.97 Å². The summed E-state index contributed by atoms with van der Waals surface area (Å²) in [6.07, 6.45) is 11.5. The highest BCUT2D eigenvalue weighted by atomic mass is 16.4. The van der Waals surface area contributed by atoms with Gasteiger partial charge in [-0.05, 0) is 42.9 Å². The normalized spacial score (nSPS) is 40.6. The van der Waals surface area contributed by atoms with Crippen LogP contribution in [-0.4, -0.2) is 11.1 Å². The highest BCUT2D eigenvalue weighted by molar-refractivity contribution is 5.72. The maximum Gasteiger partial charge on any atom is 0.307 e. The summed E-state index contributed by atoms with van der Waals surface area (Å²) in [4.78, 5) is 11.6. The Morgan fingerprint density at radius 3 is 3.06 bits per heavy atom. The monoisotopic (exact) mass is 234 g/mol. The van der Waals surface area contributed by atoms with E-state index in [1.807, 2.05) is 13.0 Å². The Morgan fingerprint density at radius 1 is 1.65 bits per heavy atom. The van der Waals surface area contributed by atoms with Gasteiger partial charge in [0.25, 0.3) is 0 Å². The molecule has 2 aliphatic rings. The standard InChI is InChI=1S/C15H22O2/c1-3-6-12-8-5-10-15(12)9-4-7-11(2)13(15)14(16)17/h3-4,7,11-13H,1,5-6,8-10H2,2H3,(H,16,17). The van der Waals surface area contributed by atoms with Gasteiger partial charge in [0.2, 0.25) is 0 Å². The van der Waals surface area contributed by atoms with Crippen molar-refractivity contribution in [2.45, 2.75) is 39.0 Å². The second kappa shape index (κ2) is 4.67. The quantitative estimate of drug-likeness (QED) is 0.757. The molecule has 1 saturated carbocycles. The Morgan fingerprint density at radius 2 is 2.41 bits per heavy atom. The average molecular weight is 234 g/mol. The second-order valence-electron chi connectivity index (χ2n) is 5.65. The highest BCUT2D eigenvalue weighted by Crippen LogP contribution is 2.56. The zero-order valence-corrected chi connectivity index (χ0v) is 10.6. The summed E-state index contributed by atoms with van der Waals surface area (Å²) in [7, 11) is 0. The van der Waals surface area contributed by atoms with Crippen LogP contribution in [0.3, 0.4) is 0 Å². The number of aliphatic carboxylic acids is 1. The zero-order chi connectivity index (χ0) is 12.5. The molecule has 1 fully saturated rings. The lowest BCUT2D eigenvalue weighted by molar-refractivity contribution is -0.150. The van der Waals surface area contributed by atoms with Gasteiger partial charge in [-0.1, -0.05) is 31.6 Å². The summed E-state index contributed by atoms with van der Waals surface area (Å²) in [5, 5.41) is 9.56. The van der Waals surface area contributed by atoms with Crippen LogP contribution in [0.5, 0.6) is 0 Å². The molecule has 0 aromatic rings. The lowest BCUT2D eigenvalue weighted by atomic mass is 9.59. The van der Waals surface area contributed by atoms with Crippen molar-refractivity contribution < 1.29 is 9.90 Å². The van der Waals surface area contributed by atoms with Gasteiger partial charge in [0.15, 0.2) is 0 Å². The molecule has 2 heteroatoms. The average Bonchev–Trinajstić information content (AvgIpc) is 2.62. The van der Waals surface area contributed by atoms with Crippen molar-refractivity contribution in [3.8, 4) is 0 Å². The second-order valence-corrected chi connectivity index (χ2v) is 5.65. The number of carboxylic acid groups (broad SMARTS) is 1. The number of carbonyl (C=O) groups is 1. The predicted octanol–water partition coefficient (Wildman–Crippen LogP) is 3.65. The van der Waals surface area contributed by atoms with Crippen molar-refractivity contribution in [2.75, 3.05) is 0 Å². The van der Waals surface area contributed by atoms with E-state index in [0.29, 0.717) is 5.92 Å². The van der Waals surface area contributed by atoms with Crippen molar-refractivity contribution in [2.24, 2.45) is 23.2 Å². The fraction of sp³-hybridized carbons (Fsp3) is 0.667. The summed E-state index contributed by atoms with van der Waals surface area (Å²) in [6, 6.07) is 0. The molecular weight excluding hydrogens is 212 g/mol. The first-order valence-electron chi connectivity index (χ1n) is 6.62. The molecule has 94 valence electrons. The maximum atomic E-state index is 11.6. The molecule has 17 heavy (non-hydrogen) atoms. The topological polar surface area (TPSA) is 37.3 Å². The first-order valence-corrected chi connectivity index (χ1v) is 6.62. The summed E-state index contributed by atoms with van der Waals surface area (Å²) >= 11 is 0. The number of hydrogen-bond acceptors (Lipinski definition) is 1. The molecule has 0 bridgehead atoms. The molecule has 0 aliphatic heterocycles. The lowest BCUT2D eigenvalue weighted by Gasteiger charge is -2.44. The third-order valence-electron chi connectivity index (χ3n) is 4.81. The van der Waals surface area contributed by atoms with E-state index in [9.17, 15) is 9.90 Å². The Labute approximate surface area is 103 Å². The summed E-state index contributed by atoms with van der Waals surface area (Å²) < 4.78 is 0. The van der Waals surface area contributed by atoms with Crippen molar-refractivity contribution in [1.29, 1.82) is 0 Å². The molecule has 0 aromatic heterocycles. The predicted molar refractivity (Wildman–Crippen MR) is 68.6 cm³/mol. The van der Waals surface area contributed by atoms with Crippen LogP contribution < -0.4 is 0 Å². The number of hydrogen-bond donors (Lipinski definition) is 1. The van der Waals surface area contributed by atoms with Crippen molar-refractivity contribution in [3.63, 3.8) is 0 Å².